The number of nitrogens with zero attached hydrogens (tertiary/aromatic N) is 5. The number of hydrogen-bond acceptors (Lipinski definition) is 6. The maximum atomic E-state index is 13.1. The minimum atomic E-state index is -0.283. The molecule has 32 heavy (non-hydrogen) atoms. The summed E-state index contributed by atoms with van der Waals surface area (Å²) in [5, 5.41) is 17.5. The van der Waals surface area contributed by atoms with Crippen molar-refractivity contribution in [1.29, 1.82) is 0 Å². The topological polar surface area (TPSA) is 94.2 Å². The Labute approximate surface area is 190 Å². The molecule has 0 bridgehead atoms. The van der Waals surface area contributed by atoms with Crippen molar-refractivity contribution in [2.75, 3.05) is 12.0 Å². The van der Waals surface area contributed by atoms with E-state index in [4.69, 9.17) is 0 Å². The average molecular weight is 451 g/mol. The largest absolute Gasteiger partial charge is 0.346 e. The normalized spacial score (nSPS) is 12.5. The molecule has 1 unspecified atom stereocenters. The smallest absolute Gasteiger partial charge is 0.274 e. The first-order valence-corrected chi connectivity index (χ1v) is 12.0. The lowest BCUT2D eigenvalue weighted by Crippen LogP contribution is -2.33. The van der Waals surface area contributed by atoms with E-state index in [1.807, 2.05) is 67.1 Å². The molecule has 3 heterocycles. The molecule has 0 fully saturated rings. The van der Waals surface area contributed by atoms with Crippen molar-refractivity contribution in [2.24, 2.45) is 0 Å². The molecule has 0 spiro atoms. The van der Waals surface area contributed by atoms with Crippen LogP contribution >= 0.6 is 11.8 Å². The molecule has 0 aliphatic carbocycles. The van der Waals surface area contributed by atoms with Crippen LogP contribution in [-0.4, -0.2) is 42.3 Å². The third-order valence-corrected chi connectivity index (χ3v) is 5.96. The van der Waals surface area contributed by atoms with Crippen LogP contribution in [0.25, 0.3) is 16.4 Å². The van der Waals surface area contributed by atoms with E-state index >= 15 is 0 Å². The van der Waals surface area contributed by atoms with Crippen molar-refractivity contribution in [3.8, 4) is 0 Å². The molecule has 166 valence electrons. The first-order valence-electron chi connectivity index (χ1n) is 10.6. The number of nitrogens with one attached hydrogen (secondary N) is 1. The second-order valence-electron chi connectivity index (χ2n) is 7.90. The van der Waals surface area contributed by atoms with Crippen molar-refractivity contribution in [2.45, 2.75) is 38.8 Å². The van der Waals surface area contributed by atoms with Gasteiger partial charge in [-0.25, -0.2) is 4.68 Å². The number of carbonyl (C=O) groups is 1. The van der Waals surface area contributed by atoms with Gasteiger partial charge in [0.15, 0.2) is 11.5 Å². The highest BCUT2D eigenvalue weighted by atomic mass is 32.2. The van der Waals surface area contributed by atoms with Crippen LogP contribution in [0.3, 0.4) is 0 Å². The predicted molar refractivity (Wildman–Crippen MR) is 127 cm³/mol. The van der Waals surface area contributed by atoms with Crippen molar-refractivity contribution < 1.29 is 4.79 Å². The van der Waals surface area contributed by atoms with E-state index in [9.17, 15) is 9.59 Å². The van der Waals surface area contributed by atoms with Gasteiger partial charge in [-0.1, -0.05) is 24.3 Å². The Balaban J connectivity index is 1.65. The predicted octanol–water partition coefficient (Wildman–Crippen LogP) is 3.17. The van der Waals surface area contributed by atoms with E-state index in [-0.39, 0.29) is 30.0 Å². The Morgan fingerprint density at radius 3 is 2.59 bits per heavy atom. The van der Waals surface area contributed by atoms with Gasteiger partial charge in [-0.2, -0.15) is 16.9 Å². The molecular formula is C23H26N6O2S. The minimum Gasteiger partial charge on any atom is -0.346 e. The molecule has 3 aromatic heterocycles. The minimum absolute atomic E-state index is 0.0695. The highest BCUT2D eigenvalue weighted by Crippen LogP contribution is 2.20. The zero-order valence-electron chi connectivity index (χ0n) is 18.4. The summed E-state index contributed by atoms with van der Waals surface area (Å²) in [6, 6.07) is 12.6. The van der Waals surface area contributed by atoms with Crippen LogP contribution in [0.15, 0.2) is 53.5 Å². The summed E-state index contributed by atoms with van der Waals surface area (Å²) in [5.74, 6) is 1.40. The van der Waals surface area contributed by atoms with E-state index in [1.165, 1.54) is 4.68 Å². The Morgan fingerprint density at radius 1 is 1.09 bits per heavy atom. The SMILES string of the molecule is CSCCC(NC(=O)Cc1nn(C(C)C)c(=O)c2ccccc12)c1nnc2ccccn12. The number of thioether (sulfide) groups is 1. The third-order valence-electron chi connectivity index (χ3n) is 5.32. The van der Waals surface area contributed by atoms with E-state index in [0.717, 1.165) is 17.8 Å². The fourth-order valence-corrected chi connectivity index (χ4v) is 4.22. The summed E-state index contributed by atoms with van der Waals surface area (Å²) < 4.78 is 3.35. The van der Waals surface area contributed by atoms with Gasteiger partial charge >= 0.3 is 0 Å². The van der Waals surface area contributed by atoms with E-state index in [0.29, 0.717) is 22.3 Å². The highest BCUT2D eigenvalue weighted by Gasteiger charge is 2.22. The van der Waals surface area contributed by atoms with Gasteiger partial charge in [-0.3, -0.25) is 14.0 Å². The maximum Gasteiger partial charge on any atom is 0.274 e. The van der Waals surface area contributed by atoms with Gasteiger partial charge in [0.1, 0.15) is 0 Å². The number of carbonyl (C=O) groups excluding carboxylic acids is 1. The Kier molecular flexibility index (Phi) is 6.55. The molecule has 1 aromatic carbocycles. The van der Waals surface area contributed by atoms with Gasteiger partial charge in [0.25, 0.3) is 5.56 Å². The van der Waals surface area contributed by atoms with Crippen LogP contribution in [0, 0.1) is 0 Å². The molecule has 0 radical (unpaired) electrons. The van der Waals surface area contributed by atoms with Crippen molar-refractivity contribution in [3.63, 3.8) is 0 Å². The quantitative estimate of drug-likeness (QED) is 0.443. The zero-order chi connectivity index (χ0) is 22.7. The van der Waals surface area contributed by atoms with Crippen molar-refractivity contribution in [3.05, 3.63) is 70.5 Å². The van der Waals surface area contributed by atoms with E-state index in [2.05, 4.69) is 20.6 Å². The van der Waals surface area contributed by atoms with Crippen LogP contribution in [0.5, 0.6) is 0 Å². The second kappa shape index (κ2) is 9.52. The number of fused-ring (bicyclic) bond motifs is 2. The second-order valence-corrected chi connectivity index (χ2v) is 8.89. The zero-order valence-corrected chi connectivity index (χ0v) is 19.2. The number of hydrogen-bond donors (Lipinski definition) is 1. The maximum absolute atomic E-state index is 13.1. The molecule has 0 saturated carbocycles. The fraction of sp³-hybridized carbons (Fsp3) is 0.348. The summed E-state index contributed by atoms with van der Waals surface area (Å²) in [6.07, 6.45) is 4.73. The lowest BCUT2D eigenvalue weighted by molar-refractivity contribution is -0.121. The Hall–Kier alpha value is -3.20. The third kappa shape index (κ3) is 4.38. The Morgan fingerprint density at radius 2 is 1.84 bits per heavy atom. The van der Waals surface area contributed by atoms with Crippen molar-refractivity contribution >= 4 is 34.1 Å². The van der Waals surface area contributed by atoms with Gasteiger partial charge in [-0.15, -0.1) is 10.2 Å². The molecule has 0 saturated heterocycles. The van der Waals surface area contributed by atoms with Crippen molar-refractivity contribution in [1.82, 2.24) is 29.7 Å². The molecule has 0 aliphatic heterocycles. The molecule has 1 N–H and O–H groups in total. The standard InChI is InChI=1S/C23H26N6O2S/c1-15(2)29-23(31)17-9-5-4-8-16(17)19(27-29)14-21(30)24-18(11-13-32-3)22-26-25-20-10-6-7-12-28(20)22/h4-10,12,15,18H,11,13-14H2,1-3H3,(H,24,30). The molecule has 1 amide bonds. The van der Waals surface area contributed by atoms with Crippen LogP contribution in [0.4, 0.5) is 0 Å². The number of aromatic nitrogens is 5. The van der Waals surface area contributed by atoms with Gasteiger partial charge in [0.2, 0.25) is 5.91 Å². The summed E-state index contributed by atoms with van der Waals surface area (Å²) in [7, 11) is 0. The molecule has 9 heteroatoms. The van der Waals surface area contributed by atoms with Crippen LogP contribution in [-0.2, 0) is 11.2 Å². The van der Waals surface area contributed by atoms with Gasteiger partial charge in [0.05, 0.1) is 29.6 Å². The average Bonchev–Trinajstić information content (AvgIpc) is 3.22. The van der Waals surface area contributed by atoms with E-state index in [1.54, 1.807) is 17.8 Å². The summed E-state index contributed by atoms with van der Waals surface area (Å²) in [5.41, 5.74) is 1.18. The summed E-state index contributed by atoms with van der Waals surface area (Å²) in [4.78, 5) is 25.9. The molecule has 8 nitrogen and oxygen atoms in total. The fourth-order valence-electron chi connectivity index (χ4n) is 3.75. The molecule has 4 rings (SSSR count). The van der Waals surface area contributed by atoms with Gasteiger partial charge in [-0.05, 0) is 50.5 Å². The number of pyridine rings is 1. The number of rotatable bonds is 8. The van der Waals surface area contributed by atoms with Gasteiger partial charge in [0, 0.05) is 11.6 Å². The monoisotopic (exact) mass is 450 g/mol. The molecule has 0 aliphatic rings. The van der Waals surface area contributed by atoms with Gasteiger partial charge < -0.3 is 5.32 Å². The molecular weight excluding hydrogens is 424 g/mol. The Bertz CT molecular complexity index is 1310. The first kappa shape index (κ1) is 22.0. The van der Waals surface area contributed by atoms with Crippen LogP contribution < -0.4 is 10.9 Å². The molecule has 1 atom stereocenters. The van der Waals surface area contributed by atoms with Crippen LogP contribution in [0.2, 0.25) is 0 Å². The number of amides is 1. The lowest BCUT2D eigenvalue weighted by Gasteiger charge is -2.18. The number of benzene rings is 1. The van der Waals surface area contributed by atoms with Crippen LogP contribution in [0.1, 0.15) is 43.9 Å². The summed E-state index contributed by atoms with van der Waals surface area (Å²) in [6.45, 7) is 3.81. The van der Waals surface area contributed by atoms with E-state index < -0.39 is 0 Å². The summed E-state index contributed by atoms with van der Waals surface area (Å²) >= 11 is 1.71. The highest BCUT2D eigenvalue weighted by molar-refractivity contribution is 7.98. The first-order chi connectivity index (χ1) is 15.5. The molecule has 4 aromatic rings. The lowest BCUT2D eigenvalue weighted by atomic mass is 10.1.